The molecule has 1 fully saturated rings. The Kier molecular flexibility index (Phi) is 6.42. The molecule has 0 radical (unpaired) electrons. The van der Waals surface area contributed by atoms with Crippen LogP contribution in [0.2, 0.25) is 0 Å². The summed E-state index contributed by atoms with van der Waals surface area (Å²) < 4.78 is 45.1. The van der Waals surface area contributed by atoms with Crippen LogP contribution in [0.15, 0.2) is 54.6 Å². The van der Waals surface area contributed by atoms with Gasteiger partial charge >= 0.3 is 6.18 Å². The molecule has 4 rings (SSSR count). The van der Waals surface area contributed by atoms with E-state index in [1.165, 1.54) is 13.2 Å². The lowest BCUT2D eigenvalue weighted by atomic mass is 10.0. The second-order valence-corrected chi connectivity index (χ2v) is 8.10. The van der Waals surface area contributed by atoms with Crippen molar-refractivity contribution in [2.45, 2.75) is 18.6 Å². The number of anilines is 1. The van der Waals surface area contributed by atoms with Gasteiger partial charge in [-0.15, -0.1) is 0 Å². The average Bonchev–Trinajstić information content (AvgIpc) is 2.79. The number of nitrogens with zero attached hydrogens (tertiary/aromatic N) is 3. The summed E-state index contributed by atoms with van der Waals surface area (Å²) in [5.41, 5.74) is 6.60. The molecular formula is C24H25F3N4O2. The largest absolute Gasteiger partial charge is 0.494 e. The number of nitrogens with two attached hydrogens (primary N) is 1. The van der Waals surface area contributed by atoms with Gasteiger partial charge in [-0.05, 0) is 36.2 Å². The summed E-state index contributed by atoms with van der Waals surface area (Å²) in [6.07, 6.45) is -3.83. The van der Waals surface area contributed by atoms with Crippen LogP contribution in [-0.4, -0.2) is 55.1 Å². The third-order valence-electron chi connectivity index (χ3n) is 5.93. The lowest BCUT2D eigenvalue weighted by Crippen LogP contribution is -2.56. The predicted molar refractivity (Wildman–Crippen MR) is 120 cm³/mol. The van der Waals surface area contributed by atoms with Crippen LogP contribution in [0.1, 0.15) is 11.3 Å². The molecule has 174 valence electrons. The van der Waals surface area contributed by atoms with E-state index in [2.05, 4.69) is 14.8 Å². The molecule has 1 aliphatic rings. The standard InChI is InChI=1S/C24H25F3N4O2/c1-33-20-9-8-19(18-7-10-21(24(25,26)27)29-23(18)20)31-12-11-30(15-22(28)32)17(14-31)13-16-5-3-2-4-6-16/h2-10,17H,11-15H2,1H3,(H2,28,32). The Bertz CT molecular complexity index is 1140. The number of aromatic nitrogens is 1. The first-order valence-electron chi connectivity index (χ1n) is 10.6. The quantitative estimate of drug-likeness (QED) is 0.613. The molecule has 0 spiro atoms. The number of pyridine rings is 1. The Morgan fingerprint density at radius 1 is 1.12 bits per heavy atom. The van der Waals surface area contributed by atoms with Crippen molar-refractivity contribution in [2.75, 3.05) is 38.2 Å². The third kappa shape index (κ3) is 5.03. The summed E-state index contributed by atoms with van der Waals surface area (Å²) in [5.74, 6) is -0.103. The van der Waals surface area contributed by atoms with E-state index in [0.717, 1.165) is 23.7 Å². The molecule has 2 N–H and O–H groups in total. The van der Waals surface area contributed by atoms with Crippen molar-refractivity contribution in [1.82, 2.24) is 9.88 Å². The number of fused-ring (bicyclic) bond motifs is 1. The van der Waals surface area contributed by atoms with Crippen molar-refractivity contribution in [1.29, 1.82) is 0 Å². The van der Waals surface area contributed by atoms with Gasteiger partial charge in [0.25, 0.3) is 0 Å². The minimum Gasteiger partial charge on any atom is -0.494 e. The van der Waals surface area contributed by atoms with Crippen molar-refractivity contribution in [3.05, 3.63) is 65.9 Å². The molecular weight excluding hydrogens is 433 g/mol. The minimum absolute atomic E-state index is 0.00760. The Hall–Kier alpha value is -3.33. The van der Waals surface area contributed by atoms with Gasteiger partial charge in [-0.2, -0.15) is 13.2 Å². The van der Waals surface area contributed by atoms with E-state index in [1.54, 1.807) is 6.07 Å². The fraction of sp³-hybridized carbons (Fsp3) is 0.333. The van der Waals surface area contributed by atoms with E-state index >= 15 is 0 Å². The highest BCUT2D eigenvalue weighted by Gasteiger charge is 2.34. The van der Waals surface area contributed by atoms with Crippen LogP contribution in [0.4, 0.5) is 18.9 Å². The summed E-state index contributed by atoms with van der Waals surface area (Å²) in [6.45, 7) is 1.94. The molecule has 33 heavy (non-hydrogen) atoms. The van der Waals surface area contributed by atoms with Gasteiger partial charge in [-0.25, -0.2) is 4.98 Å². The maximum atomic E-state index is 13.3. The van der Waals surface area contributed by atoms with E-state index in [9.17, 15) is 18.0 Å². The molecule has 1 aromatic heterocycles. The summed E-state index contributed by atoms with van der Waals surface area (Å²) in [5, 5.41) is 0.587. The Labute approximate surface area is 189 Å². The average molecular weight is 458 g/mol. The first kappa shape index (κ1) is 22.8. The zero-order valence-corrected chi connectivity index (χ0v) is 18.2. The van der Waals surface area contributed by atoms with Gasteiger partial charge in [0.15, 0.2) is 0 Å². The van der Waals surface area contributed by atoms with Crippen molar-refractivity contribution in [2.24, 2.45) is 5.73 Å². The molecule has 1 aliphatic heterocycles. The zero-order valence-electron chi connectivity index (χ0n) is 18.2. The minimum atomic E-state index is -4.55. The SMILES string of the molecule is COc1ccc(N2CCN(CC(N)=O)C(Cc3ccccc3)C2)c2ccc(C(F)(F)F)nc12. The predicted octanol–water partition coefficient (Wildman–Crippen LogP) is 3.48. The number of methoxy groups -OCH3 is 1. The van der Waals surface area contributed by atoms with Crippen molar-refractivity contribution < 1.29 is 22.7 Å². The molecule has 2 aromatic carbocycles. The molecule has 2 heterocycles. The smallest absolute Gasteiger partial charge is 0.433 e. The molecule has 1 atom stereocenters. The summed E-state index contributed by atoms with van der Waals surface area (Å²) in [4.78, 5) is 19.7. The maximum Gasteiger partial charge on any atom is 0.433 e. The van der Waals surface area contributed by atoms with Crippen LogP contribution in [0.3, 0.4) is 0 Å². The number of amides is 1. The highest BCUT2D eigenvalue weighted by Crippen LogP contribution is 2.37. The van der Waals surface area contributed by atoms with Gasteiger partial charge in [0.2, 0.25) is 5.91 Å². The van der Waals surface area contributed by atoms with Crippen molar-refractivity contribution in [3.63, 3.8) is 0 Å². The van der Waals surface area contributed by atoms with Crippen LogP contribution in [0.25, 0.3) is 10.9 Å². The van der Waals surface area contributed by atoms with E-state index in [-0.39, 0.29) is 29.8 Å². The number of hydrogen-bond donors (Lipinski definition) is 1. The lowest BCUT2D eigenvalue weighted by Gasteiger charge is -2.42. The number of benzene rings is 2. The maximum absolute atomic E-state index is 13.3. The van der Waals surface area contributed by atoms with Crippen molar-refractivity contribution >= 4 is 22.5 Å². The number of primary amides is 1. The van der Waals surface area contributed by atoms with Gasteiger partial charge in [-0.1, -0.05) is 30.3 Å². The van der Waals surface area contributed by atoms with Crippen LogP contribution in [0, 0.1) is 0 Å². The number of rotatable bonds is 6. The van der Waals surface area contributed by atoms with E-state index < -0.39 is 11.9 Å². The summed E-state index contributed by atoms with van der Waals surface area (Å²) in [6, 6.07) is 15.9. The van der Waals surface area contributed by atoms with Gasteiger partial charge in [-0.3, -0.25) is 9.69 Å². The molecule has 0 bridgehead atoms. The van der Waals surface area contributed by atoms with Gasteiger partial charge < -0.3 is 15.4 Å². The molecule has 0 aliphatic carbocycles. The van der Waals surface area contributed by atoms with Crippen LogP contribution in [-0.2, 0) is 17.4 Å². The number of alkyl halides is 3. The fourth-order valence-corrected chi connectivity index (χ4v) is 4.38. The van der Waals surface area contributed by atoms with E-state index in [1.807, 2.05) is 36.4 Å². The summed E-state index contributed by atoms with van der Waals surface area (Å²) in [7, 11) is 1.41. The molecule has 3 aromatic rings. The lowest BCUT2D eigenvalue weighted by molar-refractivity contribution is -0.141. The Morgan fingerprint density at radius 2 is 1.88 bits per heavy atom. The highest BCUT2D eigenvalue weighted by atomic mass is 19.4. The molecule has 1 amide bonds. The molecule has 1 unspecified atom stereocenters. The number of carbonyl (C=O) groups is 1. The van der Waals surface area contributed by atoms with Crippen LogP contribution in [0.5, 0.6) is 5.75 Å². The Balaban J connectivity index is 1.69. The molecule has 1 saturated heterocycles. The first-order valence-corrected chi connectivity index (χ1v) is 10.6. The summed E-state index contributed by atoms with van der Waals surface area (Å²) >= 11 is 0. The topological polar surface area (TPSA) is 71.7 Å². The number of ether oxygens (including phenoxy) is 1. The van der Waals surface area contributed by atoms with Gasteiger partial charge in [0.1, 0.15) is 17.0 Å². The highest BCUT2D eigenvalue weighted by molar-refractivity contribution is 5.96. The fourth-order valence-electron chi connectivity index (χ4n) is 4.38. The number of carbonyl (C=O) groups excluding carboxylic acids is 1. The van der Waals surface area contributed by atoms with E-state index in [4.69, 9.17) is 10.5 Å². The second kappa shape index (κ2) is 9.27. The van der Waals surface area contributed by atoms with Crippen LogP contribution < -0.4 is 15.4 Å². The Morgan fingerprint density at radius 3 is 2.55 bits per heavy atom. The van der Waals surface area contributed by atoms with Crippen LogP contribution >= 0.6 is 0 Å². The van der Waals surface area contributed by atoms with Crippen molar-refractivity contribution in [3.8, 4) is 5.75 Å². The van der Waals surface area contributed by atoms with Gasteiger partial charge in [0.05, 0.1) is 13.7 Å². The van der Waals surface area contributed by atoms with E-state index in [0.29, 0.717) is 25.0 Å². The third-order valence-corrected chi connectivity index (χ3v) is 5.93. The normalized spacial score (nSPS) is 17.3. The number of piperazine rings is 1. The number of hydrogen-bond acceptors (Lipinski definition) is 5. The second-order valence-electron chi connectivity index (χ2n) is 8.10. The molecule has 6 nitrogen and oxygen atoms in total. The molecule has 0 saturated carbocycles. The zero-order chi connectivity index (χ0) is 23.6. The molecule has 9 heteroatoms. The number of halogens is 3. The van der Waals surface area contributed by atoms with Gasteiger partial charge in [0, 0.05) is 36.7 Å². The monoisotopic (exact) mass is 458 g/mol. The first-order chi connectivity index (χ1) is 15.8.